The van der Waals surface area contributed by atoms with Gasteiger partial charge in [0.05, 0.1) is 5.52 Å². The third kappa shape index (κ3) is 3.02. The van der Waals surface area contributed by atoms with Crippen LogP contribution in [0.15, 0.2) is 54.6 Å². The van der Waals surface area contributed by atoms with Crippen LogP contribution in [0, 0.1) is 0 Å². The number of benzene rings is 2. The summed E-state index contributed by atoms with van der Waals surface area (Å²) >= 11 is 5.86. The minimum atomic E-state index is -0.581. The highest BCUT2D eigenvalue weighted by atomic mass is 35.5. The van der Waals surface area contributed by atoms with Gasteiger partial charge in [-0.3, -0.25) is 4.79 Å². The molecule has 0 saturated heterocycles. The van der Waals surface area contributed by atoms with Crippen LogP contribution >= 0.6 is 11.6 Å². The van der Waals surface area contributed by atoms with Crippen molar-refractivity contribution in [1.82, 2.24) is 4.98 Å². The topological polar surface area (TPSA) is 65.2 Å². The van der Waals surface area contributed by atoms with Gasteiger partial charge < -0.3 is 10.5 Å². The van der Waals surface area contributed by atoms with Crippen molar-refractivity contribution in [2.45, 2.75) is 6.61 Å². The molecule has 0 aliphatic carbocycles. The highest BCUT2D eigenvalue weighted by molar-refractivity contribution is 6.30. The van der Waals surface area contributed by atoms with Crippen LogP contribution in [0.3, 0.4) is 0 Å². The molecule has 3 aromatic rings. The predicted molar refractivity (Wildman–Crippen MR) is 86.0 cm³/mol. The molecule has 0 atom stereocenters. The Morgan fingerprint density at radius 1 is 1.14 bits per heavy atom. The number of halogens is 1. The molecule has 3 rings (SSSR count). The Balaban J connectivity index is 1.94. The van der Waals surface area contributed by atoms with Crippen molar-refractivity contribution in [2.75, 3.05) is 0 Å². The van der Waals surface area contributed by atoms with Crippen molar-refractivity contribution in [3.63, 3.8) is 0 Å². The molecule has 4 nitrogen and oxygen atoms in total. The second kappa shape index (κ2) is 6.03. The highest BCUT2D eigenvalue weighted by Gasteiger charge is 2.10. The standard InChI is InChI=1S/C17H13ClN2O2/c18-12-7-5-11(6-8-12)10-22-16-9-15(17(19)21)20-14-4-2-1-3-13(14)16/h1-9H,10H2,(H2,19,21). The zero-order chi connectivity index (χ0) is 15.5. The Morgan fingerprint density at radius 3 is 2.59 bits per heavy atom. The van der Waals surface area contributed by atoms with Gasteiger partial charge in [0.1, 0.15) is 18.1 Å². The second-order valence-electron chi connectivity index (χ2n) is 4.80. The maximum Gasteiger partial charge on any atom is 0.267 e. The van der Waals surface area contributed by atoms with Gasteiger partial charge in [-0.15, -0.1) is 0 Å². The lowest BCUT2D eigenvalue weighted by Gasteiger charge is -2.10. The molecular weight excluding hydrogens is 300 g/mol. The molecule has 0 spiro atoms. The smallest absolute Gasteiger partial charge is 0.267 e. The molecule has 1 amide bonds. The molecule has 0 aliphatic rings. The van der Waals surface area contributed by atoms with E-state index in [1.54, 1.807) is 18.2 Å². The molecule has 110 valence electrons. The number of aromatic nitrogens is 1. The quantitative estimate of drug-likeness (QED) is 0.801. The minimum Gasteiger partial charge on any atom is -0.488 e. The number of primary amides is 1. The van der Waals surface area contributed by atoms with E-state index >= 15 is 0 Å². The van der Waals surface area contributed by atoms with Gasteiger partial charge in [0, 0.05) is 16.5 Å². The molecule has 1 aromatic heterocycles. The van der Waals surface area contributed by atoms with E-state index in [-0.39, 0.29) is 5.69 Å². The van der Waals surface area contributed by atoms with Crippen LogP contribution in [-0.4, -0.2) is 10.9 Å². The van der Waals surface area contributed by atoms with E-state index in [1.807, 2.05) is 36.4 Å². The van der Waals surface area contributed by atoms with Crippen LogP contribution < -0.4 is 10.5 Å². The molecule has 0 unspecified atom stereocenters. The lowest BCUT2D eigenvalue weighted by molar-refractivity contribution is 0.0995. The number of hydrogen-bond acceptors (Lipinski definition) is 3. The summed E-state index contributed by atoms with van der Waals surface area (Å²) in [6.07, 6.45) is 0. The first-order chi connectivity index (χ1) is 10.6. The Morgan fingerprint density at radius 2 is 1.86 bits per heavy atom. The van der Waals surface area contributed by atoms with Crippen LogP contribution in [0.2, 0.25) is 5.02 Å². The van der Waals surface area contributed by atoms with Crippen molar-refractivity contribution in [2.24, 2.45) is 5.73 Å². The fourth-order valence-corrected chi connectivity index (χ4v) is 2.26. The number of nitrogens with two attached hydrogens (primary N) is 1. The molecule has 0 bridgehead atoms. The van der Waals surface area contributed by atoms with Crippen LogP contribution in [0.4, 0.5) is 0 Å². The van der Waals surface area contributed by atoms with E-state index in [2.05, 4.69) is 4.98 Å². The molecule has 2 aromatic carbocycles. The molecular formula is C17H13ClN2O2. The predicted octanol–water partition coefficient (Wildman–Crippen LogP) is 3.57. The highest BCUT2D eigenvalue weighted by Crippen LogP contribution is 2.26. The Hall–Kier alpha value is -2.59. The van der Waals surface area contributed by atoms with E-state index < -0.39 is 5.91 Å². The summed E-state index contributed by atoms with van der Waals surface area (Å²) in [6.45, 7) is 0.364. The maximum atomic E-state index is 11.4. The second-order valence-corrected chi connectivity index (χ2v) is 5.24. The lowest BCUT2D eigenvalue weighted by atomic mass is 10.1. The molecule has 5 heteroatoms. The van der Waals surface area contributed by atoms with Crippen molar-refractivity contribution in [3.05, 3.63) is 70.9 Å². The van der Waals surface area contributed by atoms with Crippen molar-refractivity contribution in [1.29, 1.82) is 0 Å². The van der Waals surface area contributed by atoms with Crippen molar-refractivity contribution >= 4 is 28.4 Å². The number of rotatable bonds is 4. The number of para-hydroxylation sites is 1. The molecule has 0 saturated carbocycles. The van der Waals surface area contributed by atoms with Gasteiger partial charge >= 0.3 is 0 Å². The first-order valence-electron chi connectivity index (χ1n) is 6.70. The van der Waals surface area contributed by atoms with E-state index in [9.17, 15) is 4.79 Å². The summed E-state index contributed by atoms with van der Waals surface area (Å²) in [4.78, 5) is 15.6. The van der Waals surface area contributed by atoms with Gasteiger partial charge in [-0.25, -0.2) is 4.98 Å². The first kappa shape index (κ1) is 14.4. The van der Waals surface area contributed by atoms with Gasteiger partial charge in [-0.2, -0.15) is 0 Å². The van der Waals surface area contributed by atoms with Crippen LogP contribution in [0.25, 0.3) is 10.9 Å². The average molecular weight is 313 g/mol. The zero-order valence-electron chi connectivity index (χ0n) is 11.6. The molecule has 1 heterocycles. The number of nitrogens with zero attached hydrogens (tertiary/aromatic N) is 1. The average Bonchev–Trinajstić information content (AvgIpc) is 2.53. The Bertz CT molecular complexity index is 832. The molecule has 2 N–H and O–H groups in total. The summed E-state index contributed by atoms with van der Waals surface area (Å²) < 4.78 is 5.85. The van der Waals surface area contributed by atoms with Gasteiger partial charge in [0.25, 0.3) is 5.91 Å². The Kier molecular flexibility index (Phi) is 3.94. The normalized spacial score (nSPS) is 10.6. The summed E-state index contributed by atoms with van der Waals surface area (Å²) in [5.41, 5.74) is 7.16. The number of amides is 1. The monoisotopic (exact) mass is 312 g/mol. The van der Waals surface area contributed by atoms with E-state index in [1.165, 1.54) is 0 Å². The summed E-state index contributed by atoms with van der Waals surface area (Å²) in [5.74, 6) is -0.00329. The summed E-state index contributed by atoms with van der Waals surface area (Å²) in [6, 6.07) is 16.4. The molecule has 22 heavy (non-hydrogen) atoms. The number of hydrogen-bond donors (Lipinski definition) is 1. The lowest BCUT2D eigenvalue weighted by Crippen LogP contribution is -2.13. The molecule has 0 radical (unpaired) electrons. The van der Waals surface area contributed by atoms with Gasteiger partial charge in [-0.1, -0.05) is 35.9 Å². The van der Waals surface area contributed by atoms with E-state index in [0.717, 1.165) is 10.9 Å². The number of carbonyl (C=O) groups is 1. The van der Waals surface area contributed by atoms with Crippen LogP contribution in [0.5, 0.6) is 5.75 Å². The van der Waals surface area contributed by atoms with Gasteiger partial charge in [0.2, 0.25) is 0 Å². The zero-order valence-corrected chi connectivity index (χ0v) is 12.4. The molecule has 0 fully saturated rings. The van der Waals surface area contributed by atoms with Crippen molar-refractivity contribution in [3.8, 4) is 5.75 Å². The third-order valence-electron chi connectivity index (χ3n) is 3.24. The SMILES string of the molecule is NC(=O)c1cc(OCc2ccc(Cl)cc2)c2ccccc2n1. The maximum absolute atomic E-state index is 11.4. The largest absolute Gasteiger partial charge is 0.488 e. The fourth-order valence-electron chi connectivity index (χ4n) is 2.13. The summed E-state index contributed by atoms with van der Waals surface area (Å²) in [7, 11) is 0. The third-order valence-corrected chi connectivity index (χ3v) is 3.49. The van der Waals surface area contributed by atoms with Crippen LogP contribution in [-0.2, 0) is 6.61 Å². The number of pyridine rings is 1. The number of carbonyl (C=O) groups excluding carboxylic acids is 1. The van der Waals surface area contributed by atoms with E-state index in [0.29, 0.717) is 22.9 Å². The van der Waals surface area contributed by atoms with E-state index in [4.69, 9.17) is 22.1 Å². The first-order valence-corrected chi connectivity index (χ1v) is 7.08. The van der Waals surface area contributed by atoms with Gasteiger partial charge in [0.15, 0.2) is 0 Å². The number of ether oxygens (including phenoxy) is 1. The number of fused-ring (bicyclic) bond motifs is 1. The van der Waals surface area contributed by atoms with Crippen LogP contribution in [0.1, 0.15) is 16.1 Å². The minimum absolute atomic E-state index is 0.185. The van der Waals surface area contributed by atoms with Gasteiger partial charge in [-0.05, 0) is 29.8 Å². The summed E-state index contributed by atoms with van der Waals surface area (Å²) in [5, 5.41) is 1.51. The van der Waals surface area contributed by atoms with Crippen molar-refractivity contribution < 1.29 is 9.53 Å². The Labute approximate surface area is 132 Å². The molecule has 0 aliphatic heterocycles. The fraction of sp³-hybridized carbons (Fsp3) is 0.0588.